The molecule has 0 heterocycles. The monoisotopic (exact) mass is 260 g/mol. The van der Waals surface area contributed by atoms with E-state index in [0.29, 0.717) is 12.1 Å². The summed E-state index contributed by atoms with van der Waals surface area (Å²) in [7, 11) is 2.13. The van der Waals surface area contributed by atoms with Gasteiger partial charge in [0.15, 0.2) is 5.11 Å². The second-order valence-corrected chi connectivity index (χ2v) is 5.83. The summed E-state index contributed by atoms with van der Waals surface area (Å²) in [6, 6.07) is 9.89. The standard InChI is InChI=1S/C15H20N2S/c1-17(15(18)16-12-9-10-12)14-8-4-6-11-5-2-3-7-13(11)14/h2-3,5,7,12,14H,4,6,8-10H2,1H3,(H,16,18)/t14-/m1/s1. The molecule has 2 aliphatic rings. The van der Waals surface area contributed by atoms with Crippen molar-refractivity contribution in [1.29, 1.82) is 0 Å². The molecule has 1 N–H and O–H groups in total. The molecule has 0 bridgehead atoms. The average molecular weight is 260 g/mol. The largest absolute Gasteiger partial charge is 0.360 e. The van der Waals surface area contributed by atoms with Crippen LogP contribution in [-0.4, -0.2) is 23.1 Å². The van der Waals surface area contributed by atoms with E-state index in [4.69, 9.17) is 12.2 Å². The van der Waals surface area contributed by atoms with Crippen molar-refractivity contribution in [3.63, 3.8) is 0 Å². The SMILES string of the molecule is CN(C(=S)NC1CC1)[C@@H]1CCCc2ccccc21. The molecule has 0 radical (unpaired) electrons. The molecule has 3 rings (SSSR count). The van der Waals surface area contributed by atoms with Crippen molar-refractivity contribution in [2.24, 2.45) is 0 Å². The van der Waals surface area contributed by atoms with E-state index < -0.39 is 0 Å². The molecule has 0 saturated heterocycles. The first kappa shape index (κ1) is 12.0. The molecular weight excluding hydrogens is 240 g/mol. The molecule has 1 atom stereocenters. The van der Waals surface area contributed by atoms with Gasteiger partial charge in [-0.1, -0.05) is 24.3 Å². The Bertz CT molecular complexity index is 454. The highest BCUT2D eigenvalue weighted by Crippen LogP contribution is 2.33. The van der Waals surface area contributed by atoms with E-state index in [0.717, 1.165) is 5.11 Å². The third-order valence-corrected chi connectivity index (χ3v) is 4.44. The van der Waals surface area contributed by atoms with Crippen molar-refractivity contribution < 1.29 is 0 Å². The summed E-state index contributed by atoms with van der Waals surface area (Å²) in [4.78, 5) is 2.26. The van der Waals surface area contributed by atoms with Gasteiger partial charge < -0.3 is 10.2 Å². The van der Waals surface area contributed by atoms with E-state index in [1.165, 1.54) is 43.2 Å². The first-order valence-corrected chi connectivity index (χ1v) is 7.27. The van der Waals surface area contributed by atoms with Crippen molar-refractivity contribution in [2.45, 2.75) is 44.2 Å². The maximum atomic E-state index is 5.52. The van der Waals surface area contributed by atoms with Crippen LogP contribution < -0.4 is 5.32 Å². The summed E-state index contributed by atoms with van der Waals surface area (Å²) in [5.74, 6) is 0. The van der Waals surface area contributed by atoms with Crippen LogP contribution in [-0.2, 0) is 6.42 Å². The topological polar surface area (TPSA) is 15.3 Å². The maximum Gasteiger partial charge on any atom is 0.169 e. The molecule has 1 aromatic rings. The molecule has 96 valence electrons. The fourth-order valence-electron chi connectivity index (χ4n) is 2.78. The maximum absolute atomic E-state index is 5.52. The van der Waals surface area contributed by atoms with Crippen molar-refractivity contribution in [3.8, 4) is 0 Å². The third-order valence-electron chi connectivity index (χ3n) is 4.03. The van der Waals surface area contributed by atoms with Gasteiger partial charge in [-0.15, -0.1) is 0 Å². The molecule has 2 aliphatic carbocycles. The highest BCUT2D eigenvalue weighted by molar-refractivity contribution is 7.80. The number of benzene rings is 1. The molecule has 0 spiro atoms. The Kier molecular flexibility index (Phi) is 3.25. The van der Waals surface area contributed by atoms with E-state index in [1.807, 2.05) is 0 Å². The van der Waals surface area contributed by atoms with Crippen LogP contribution in [0.4, 0.5) is 0 Å². The molecule has 1 saturated carbocycles. The molecule has 18 heavy (non-hydrogen) atoms. The molecule has 2 nitrogen and oxygen atoms in total. The van der Waals surface area contributed by atoms with Crippen molar-refractivity contribution >= 4 is 17.3 Å². The Balaban J connectivity index is 1.77. The van der Waals surface area contributed by atoms with Crippen LogP contribution in [0.25, 0.3) is 0 Å². The highest BCUT2D eigenvalue weighted by atomic mass is 32.1. The van der Waals surface area contributed by atoms with Gasteiger partial charge in [0, 0.05) is 13.1 Å². The molecule has 3 heteroatoms. The van der Waals surface area contributed by atoms with Crippen LogP contribution in [0.5, 0.6) is 0 Å². The number of hydrogen-bond donors (Lipinski definition) is 1. The first-order valence-electron chi connectivity index (χ1n) is 6.87. The summed E-state index contributed by atoms with van der Waals surface area (Å²) in [6.45, 7) is 0. The second-order valence-electron chi connectivity index (χ2n) is 5.44. The number of fused-ring (bicyclic) bond motifs is 1. The number of rotatable bonds is 2. The zero-order valence-electron chi connectivity index (χ0n) is 10.9. The van der Waals surface area contributed by atoms with E-state index >= 15 is 0 Å². The Morgan fingerprint density at radius 2 is 2.06 bits per heavy atom. The Morgan fingerprint density at radius 1 is 1.28 bits per heavy atom. The van der Waals surface area contributed by atoms with E-state index in [2.05, 4.69) is 41.5 Å². The lowest BCUT2D eigenvalue weighted by atomic mass is 9.87. The molecule has 1 aromatic carbocycles. The molecule has 0 aliphatic heterocycles. The van der Waals surface area contributed by atoms with Gasteiger partial charge in [-0.3, -0.25) is 0 Å². The average Bonchev–Trinajstić information content (AvgIpc) is 3.21. The summed E-state index contributed by atoms with van der Waals surface area (Å²) >= 11 is 5.52. The van der Waals surface area contributed by atoms with E-state index in [1.54, 1.807) is 0 Å². The Labute approximate surface area is 114 Å². The summed E-state index contributed by atoms with van der Waals surface area (Å²) < 4.78 is 0. The van der Waals surface area contributed by atoms with Crippen LogP contribution >= 0.6 is 12.2 Å². The number of nitrogens with one attached hydrogen (secondary N) is 1. The number of hydrogen-bond acceptors (Lipinski definition) is 1. The van der Waals surface area contributed by atoms with Gasteiger partial charge in [0.25, 0.3) is 0 Å². The normalized spacial score (nSPS) is 22.2. The lowest BCUT2D eigenvalue weighted by Gasteiger charge is -2.35. The van der Waals surface area contributed by atoms with Gasteiger partial charge in [-0.25, -0.2) is 0 Å². The predicted molar refractivity (Wildman–Crippen MR) is 78.6 cm³/mol. The van der Waals surface area contributed by atoms with Gasteiger partial charge in [-0.2, -0.15) is 0 Å². The van der Waals surface area contributed by atoms with Crippen molar-refractivity contribution in [1.82, 2.24) is 10.2 Å². The van der Waals surface area contributed by atoms with E-state index in [-0.39, 0.29) is 0 Å². The van der Waals surface area contributed by atoms with Gasteiger partial charge >= 0.3 is 0 Å². The van der Waals surface area contributed by atoms with Crippen molar-refractivity contribution in [2.75, 3.05) is 7.05 Å². The lowest BCUT2D eigenvalue weighted by Crippen LogP contribution is -2.41. The second kappa shape index (κ2) is 4.88. The number of nitrogens with zero attached hydrogens (tertiary/aromatic N) is 1. The van der Waals surface area contributed by atoms with Gasteiger partial charge in [0.05, 0.1) is 6.04 Å². The molecule has 0 unspecified atom stereocenters. The zero-order chi connectivity index (χ0) is 12.5. The third kappa shape index (κ3) is 2.37. The van der Waals surface area contributed by atoms with Gasteiger partial charge in [-0.05, 0) is 55.4 Å². The van der Waals surface area contributed by atoms with Crippen LogP contribution in [0, 0.1) is 0 Å². The minimum absolute atomic E-state index is 0.452. The quantitative estimate of drug-likeness (QED) is 0.823. The molecule has 1 fully saturated rings. The Hall–Kier alpha value is -1.09. The summed E-state index contributed by atoms with van der Waals surface area (Å²) in [5, 5.41) is 4.36. The summed E-state index contributed by atoms with van der Waals surface area (Å²) in [5.41, 5.74) is 2.96. The van der Waals surface area contributed by atoms with Gasteiger partial charge in [0.1, 0.15) is 0 Å². The number of thiocarbonyl (C=S) groups is 1. The molecule has 0 amide bonds. The fraction of sp³-hybridized carbons (Fsp3) is 0.533. The predicted octanol–water partition coefficient (Wildman–Crippen LogP) is 3.03. The van der Waals surface area contributed by atoms with E-state index in [9.17, 15) is 0 Å². The molecular formula is C15H20N2S. The van der Waals surface area contributed by atoms with Crippen LogP contribution in [0.3, 0.4) is 0 Å². The summed E-state index contributed by atoms with van der Waals surface area (Å²) in [6.07, 6.45) is 6.23. The van der Waals surface area contributed by atoms with Gasteiger partial charge in [0.2, 0.25) is 0 Å². The fourth-order valence-corrected chi connectivity index (χ4v) is 3.07. The van der Waals surface area contributed by atoms with Crippen LogP contribution in [0.2, 0.25) is 0 Å². The first-order chi connectivity index (χ1) is 8.75. The van der Waals surface area contributed by atoms with Crippen LogP contribution in [0.15, 0.2) is 24.3 Å². The minimum Gasteiger partial charge on any atom is -0.360 e. The minimum atomic E-state index is 0.452. The number of aryl methyl sites for hydroxylation is 1. The van der Waals surface area contributed by atoms with Crippen LogP contribution in [0.1, 0.15) is 42.9 Å². The van der Waals surface area contributed by atoms with Crippen molar-refractivity contribution in [3.05, 3.63) is 35.4 Å². The smallest absolute Gasteiger partial charge is 0.169 e. The lowest BCUT2D eigenvalue weighted by molar-refractivity contribution is 0.328. The Morgan fingerprint density at radius 3 is 2.83 bits per heavy atom. The molecule has 0 aromatic heterocycles. The highest BCUT2D eigenvalue weighted by Gasteiger charge is 2.28. The zero-order valence-corrected chi connectivity index (χ0v) is 11.7.